The summed E-state index contributed by atoms with van der Waals surface area (Å²) in [7, 11) is -2.88. The summed E-state index contributed by atoms with van der Waals surface area (Å²) in [4.78, 5) is 21.4. The van der Waals surface area contributed by atoms with E-state index < -0.39 is 45.6 Å². The van der Waals surface area contributed by atoms with E-state index in [1.807, 2.05) is 0 Å². The van der Waals surface area contributed by atoms with E-state index in [1.54, 1.807) is 6.07 Å². The lowest BCUT2D eigenvalue weighted by atomic mass is 10.1. The maximum absolute atomic E-state index is 14.6. The average molecular weight is 477 g/mol. The zero-order chi connectivity index (χ0) is 23.8. The Morgan fingerprint density at radius 3 is 2.76 bits per heavy atom. The number of nitriles is 1. The summed E-state index contributed by atoms with van der Waals surface area (Å²) in [5.74, 6) is -1.47. The van der Waals surface area contributed by atoms with Crippen molar-refractivity contribution in [2.75, 3.05) is 25.1 Å². The highest BCUT2D eigenvalue weighted by atomic mass is 32.2. The first-order valence-corrected chi connectivity index (χ1v) is 11.0. The molecule has 1 aliphatic heterocycles. The Bertz CT molecular complexity index is 1440. The molecule has 1 unspecified atom stereocenters. The Morgan fingerprint density at radius 1 is 1.33 bits per heavy atom. The van der Waals surface area contributed by atoms with Crippen LogP contribution in [0.15, 0.2) is 41.5 Å². The van der Waals surface area contributed by atoms with Crippen LogP contribution in [0.5, 0.6) is 11.5 Å². The molecule has 10 nitrogen and oxygen atoms in total. The van der Waals surface area contributed by atoms with Gasteiger partial charge in [-0.1, -0.05) is 0 Å². The molecule has 3 aromatic rings. The first-order valence-electron chi connectivity index (χ1n) is 9.61. The number of aromatic nitrogens is 2. The normalized spacial score (nSPS) is 16.1. The summed E-state index contributed by atoms with van der Waals surface area (Å²) < 4.78 is 62.2. The lowest BCUT2D eigenvalue weighted by molar-refractivity contribution is 0.155. The van der Waals surface area contributed by atoms with Gasteiger partial charge in [0.15, 0.2) is 11.6 Å². The van der Waals surface area contributed by atoms with Crippen molar-refractivity contribution in [3.63, 3.8) is 0 Å². The molecule has 0 saturated carbocycles. The minimum Gasteiger partial charge on any atom is -0.453 e. The van der Waals surface area contributed by atoms with Gasteiger partial charge in [0, 0.05) is 6.54 Å². The number of hydrogen-bond donors (Lipinski definition) is 1. The third-order valence-electron chi connectivity index (χ3n) is 5.15. The smallest absolute Gasteiger partial charge is 0.302 e. The predicted molar refractivity (Wildman–Crippen MR) is 113 cm³/mol. The summed E-state index contributed by atoms with van der Waals surface area (Å²) in [5, 5.41) is 9.72. The Balaban J connectivity index is 1.71. The number of benzene rings is 2. The monoisotopic (exact) mass is 477 g/mol. The first-order chi connectivity index (χ1) is 15.8. The van der Waals surface area contributed by atoms with Gasteiger partial charge in [0.25, 0.3) is 5.56 Å². The van der Waals surface area contributed by atoms with E-state index in [9.17, 15) is 27.3 Å². The summed E-state index contributed by atoms with van der Waals surface area (Å²) >= 11 is 0. The zero-order valence-corrected chi connectivity index (χ0v) is 18.0. The Morgan fingerprint density at radius 2 is 2.12 bits per heavy atom. The quantitative estimate of drug-likeness (QED) is 0.551. The molecule has 1 N–H and O–H groups in total. The number of alkyl halides is 1. The summed E-state index contributed by atoms with van der Waals surface area (Å²) in [5.41, 5.74) is -0.855. The van der Waals surface area contributed by atoms with Crippen LogP contribution >= 0.6 is 0 Å². The highest BCUT2D eigenvalue weighted by molar-refractivity contribution is 7.90. The van der Waals surface area contributed by atoms with Gasteiger partial charge < -0.3 is 9.57 Å². The van der Waals surface area contributed by atoms with E-state index in [-0.39, 0.29) is 23.4 Å². The Hall–Kier alpha value is -3.76. The van der Waals surface area contributed by atoms with Crippen molar-refractivity contribution in [1.82, 2.24) is 14.0 Å². The molecule has 0 amide bonds. The Labute approximate surface area is 186 Å². The lowest BCUT2D eigenvalue weighted by Gasteiger charge is -2.37. The molecule has 1 atom stereocenters. The molecule has 0 aliphatic carbocycles. The SMILES string of the molecule is COn1cnc2ccc(Oc3c(F)ccc(NS(=O)(=O)N4CCC4CF)c3C#N)cc2c1=O. The third-order valence-corrected chi connectivity index (χ3v) is 6.73. The highest BCUT2D eigenvalue weighted by Crippen LogP contribution is 2.35. The summed E-state index contributed by atoms with van der Waals surface area (Å²) in [6, 6.07) is 7.12. The van der Waals surface area contributed by atoms with Crippen molar-refractivity contribution in [1.29, 1.82) is 5.26 Å². The molecule has 1 saturated heterocycles. The molecule has 2 heterocycles. The van der Waals surface area contributed by atoms with Crippen LogP contribution in [0.25, 0.3) is 10.9 Å². The number of ether oxygens (including phenoxy) is 1. The van der Waals surface area contributed by atoms with E-state index in [2.05, 4.69) is 9.71 Å². The molecule has 33 heavy (non-hydrogen) atoms. The van der Waals surface area contributed by atoms with Crippen molar-refractivity contribution < 1.29 is 26.8 Å². The van der Waals surface area contributed by atoms with Crippen molar-refractivity contribution in [3.8, 4) is 17.6 Å². The fourth-order valence-electron chi connectivity index (χ4n) is 3.33. The van der Waals surface area contributed by atoms with Gasteiger partial charge in [-0.15, -0.1) is 4.73 Å². The molecule has 13 heteroatoms. The number of anilines is 1. The standard InChI is InChI=1S/C20H17F2N5O5S/c1-31-26-11-24-17-4-2-13(8-14(17)20(26)28)32-19-15(10-23)18(5-3-16(19)22)25-33(29,30)27-7-6-12(27)9-21/h2-5,8,11-12,25H,6-7,9H2,1H3. The van der Waals surface area contributed by atoms with Crippen molar-refractivity contribution in [2.45, 2.75) is 12.5 Å². The maximum atomic E-state index is 14.6. The fraction of sp³-hybridized carbons (Fsp3) is 0.250. The van der Waals surface area contributed by atoms with Crippen molar-refractivity contribution >= 4 is 26.8 Å². The Kier molecular flexibility index (Phi) is 5.88. The molecule has 172 valence electrons. The van der Waals surface area contributed by atoms with E-state index in [4.69, 9.17) is 9.57 Å². The fourth-order valence-corrected chi connectivity index (χ4v) is 4.80. The minimum absolute atomic E-state index is 0.00546. The van der Waals surface area contributed by atoms with Gasteiger partial charge in [-0.25, -0.2) is 13.8 Å². The number of nitrogens with zero attached hydrogens (tertiary/aromatic N) is 4. The van der Waals surface area contributed by atoms with Crippen LogP contribution in [-0.2, 0) is 10.2 Å². The van der Waals surface area contributed by atoms with Crippen LogP contribution in [0, 0.1) is 17.1 Å². The van der Waals surface area contributed by atoms with Gasteiger partial charge >= 0.3 is 10.2 Å². The van der Waals surface area contributed by atoms with Gasteiger partial charge in [0.1, 0.15) is 37.5 Å². The van der Waals surface area contributed by atoms with Crippen LogP contribution in [-0.4, -0.2) is 48.8 Å². The summed E-state index contributed by atoms with van der Waals surface area (Å²) in [6.07, 6.45) is 1.57. The van der Waals surface area contributed by atoms with Crippen molar-refractivity contribution in [2.24, 2.45) is 0 Å². The second kappa shape index (κ2) is 8.64. The second-order valence-corrected chi connectivity index (χ2v) is 8.69. The van der Waals surface area contributed by atoms with Crippen LogP contribution in [0.2, 0.25) is 0 Å². The molecule has 0 bridgehead atoms. The number of halogens is 2. The molecule has 0 spiro atoms. The number of hydrogen-bond acceptors (Lipinski definition) is 7. The predicted octanol–water partition coefficient (Wildman–Crippen LogP) is 1.96. The molecule has 4 rings (SSSR count). The van der Waals surface area contributed by atoms with Crippen LogP contribution in [0.1, 0.15) is 12.0 Å². The van der Waals surface area contributed by atoms with Gasteiger partial charge in [-0.3, -0.25) is 9.52 Å². The average Bonchev–Trinajstić information content (AvgIpc) is 2.76. The molecular weight excluding hydrogens is 460 g/mol. The second-order valence-electron chi connectivity index (χ2n) is 7.06. The van der Waals surface area contributed by atoms with E-state index in [0.29, 0.717) is 11.9 Å². The van der Waals surface area contributed by atoms with Crippen molar-refractivity contribution in [3.05, 3.63) is 58.4 Å². The van der Waals surface area contributed by atoms with Gasteiger partial charge in [-0.05, 0) is 36.8 Å². The third kappa shape index (κ3) is 4.06. The van der Waals surface area contributed by atoms with E-state index in [1.165, 1.54) is 31.6 Å². The molecule has 2 aromatic carbocycles. The van der Waals surface area contributed by atoms with Gasteiger partial charge in [0.2, 0.25) is 0 Å². The molecule has 1 aliphatic rings. The molecular formula is C20H17F2N5O5S. The maximum Gasteiger partial charge on any atom is 0.302 e. The minimum atomic E-state index is -4.17. The van der Waals surface area contributed by atoms with E-state index >= 15 is 0 Å². The number of fused-ring (bicyclic) bond motifs is 1. The zero-order valence-electron chi connectivity index (χ0n) is 17.2. The van der Waals surface area contributed by atoms with Gasteiger partial charge in [-0.2, -0.15) is 18.0 Å². The first kappa shape index (κ1) is 22.4. The molecule has 0 radical (unpaired) electrons. The highest BCUT2D eigenvalue weighted by Gasteiger charge is 2.38. The van der Waals surface area contributed by atoms with E-state index in [0.717, 1.165) is 21.2 Å². The topological polar surface area (TPSA) is 127 Å². The molecule has 1 aromatic heterocycles. The summed E-state index contributed by atoms with van der Waals surface area (Å²) in [6.45, 7) is -0.716. The number of rotatable bonds is 7. The number of nitrogens with one attached hydrogen (secondary N) is 1. The molecule has 1 fully saturated rings. The van der Waals surface area contributed by atoms with Crippen LogP contribution < -0.4 is 19.9 Å². The van der Waals surface area contributed by atoms with Crippen LogP contribution in [0.4, 0.5) is 14.5 Å². The van der Waals surface area contributed by atoms with Gasteiger partial charge in [0.05, 0.1) is 22.6 Å². The van der Waals surface area contributed by atoms with Crippen LogP contribution in [0.3, 0.4) is 0 Å². The lowest BCUT2D eigenvalue weighted by Crippen LogP contribution is -2.54. The largest absolute Gasteiger partial charge is 0.453 e.